The summed E-state index contributed by atoms with van der Waals surface area (Å²) in [4.78, 5) is 12.1. The minimum Gasteiger partial charge on any atom is -0.461 e. The maximum Gasteiger partial charge on any atom is 0.359 e. The van der Waals surface area contributed by atoms with Gasteiger partial charge in [0, 0.05) is 17.3 Å². The van der Waals surface area contributed by atoms with Crippen LogP contribution in [0, 0.1) is 0 Å². The van der Waals surface area contributed by atoms with E-state index in [1.165, 1.54) is 0 Å². The molecule has 1 unspecified atom stereocenters. The molecule has 1 aliphatic carbocycles. The normalized spacial score (nSPS) is 19.6. The van der Waals surface area contributed by atoms with E-state index >= 15 is 0 Å². The average molecular weight is 274 g/mol. The Bertz CT molecular complexity index is 588. The Labute approximate surface area is 117 Å². The number of ether oxygens (including phenoxy) is 1. The molecule has 1 atom stereocenters. The molecule has 0 fully saturated rings. The zero-order valence-electron chi connectivity index (χ0n) is 11.5. The van der Waals surface area contributed by atoms with Gasteiger partial charge in [0.25, 0.3) is 0 Å². The third-order valence-electron chi connectivity index (χ3n) is 3.64. The minimum atomic E-state index is -0.343. The number of hydrazine groups is 1. The molecule has 6 heteroatoms. The molecule has 2 N–H and O–H groups in total. The summed E-state index contributed by atoms with van der Waals surface area (Å²) in [6, 6.07) is 0.276. The Balaban J connectivity index is 2.09. The molecule has 1 aliphatic heterocycles. The highest BCUT2D eigenvalue weighted by atomic mass is 16.5. The van der Waals surface area contributed by atoms with E-state index in [1.807, 2.05) is 10.9 Å². The number of rotatable bonds is 4. The van der Waals surface area contributed by atoms with Gasteiger partial charge in [-0.15, -0.1) is 6.58 Å². The standard InChI is InChI=1S/C14H18N4O2/c1-3-7-18-13-9(12(17-18)14(19)20-4-2)5-6-11-10(13)8-15-16-11/h3,8,11,15-16H,1,4-7H2,2H3. The fraction of sp³-hybridized carbons (Fsp3) is 0.429. The van der Waals surface area contributed by atoms with Gasteiger partial charge in [0.2, 0.25) is 0 Å². The van der Waals surface area contributed by atoms with Crippen molar-refractivity contribution in [2.75, 3.05) is 6.61 Å². The van der Waals surface area contributed by atoms with Gasteiger partial charge in [-0.05, 0) is 19.8 Å². The van der Waals surface area contributed by atoms with Crippen LogP contribution < -0.4 is 10.9 Å². The summed E-state index contributed by atoms with van der Waals surface area (Å²) in [6.45, 7) is 6.49. The number of nitrogens with zero attached hydrogens (tertiary/aromatic N) is 2. The molecule has 0 saturated carbocycles. The lowest BCUT2D eigenvalue weighted by molar-refractivity contribution is 0.0517. The van der Waals surface area contributed by atoms with Crippen LogP contribution in [0.4, 0.5) is 0 Å². The minimum absolute atomic E-state index is 0.276. The van der Waals surface area contributed by atoms with Gasteiger partial charge in [-0.25, -0.2) is 10.2 Å². The summed E-state index contributed by atoms with van der Waals surface area (Å²) in [5, 5.41) is 4.44. The first-order chi connectivity index (χ1) is 9.76. The van der Waals surface area contributed by atoms with Gasteiger partial charge in [-0.3, -0.25) is 4.68 Å². The summed E-state index contributed by atoms with van der Waals surface area (Å²) < 4.78 is 6.94. The van der Waals surface area contributed by atoms with Crippen LogP contribution in [0.25, 0.3) is 5.57 Å². The van der Waals surface area contributed by atoms with Gasteiger partial charge >= 0.3 is 5.97 Å². The van der Waals surface area contributed by atoms with Crippen LogP contribution in [0.3, 0.4) is 0 Å². The second-order valence-corrected chi connectivity index (χ2v) is 4.85. The molecule has 0 spiro atoms. The maximum absolute atomic E-state index is 12.1. The molecule has 3 rings (SSSR count). The number of hydrogen-bond acceptors (Lipinski definition) is 5. The number of carbonyl (C=O) groups excluding carboxylic acids is 1. The summed E-state index contributed by atoms with van der Waals surface area (Å²) in [5.41, 5.74) is 9.84. The quantitative estimate of drug-likeness (QED) is 0.633. The van der Waals surface area contributed by atoms with E-state index in [9.17, 15) is 4.79 Å². The lowest BCUT2D eigenvalue weighted by Gasteiger charge is -2.21. The predicted octanol–water partition coefficient (Wildman–Crippen LogP) is 1.01. The van der Waals surface area contributed by atoms with Gasteiger partial charge < -0.3 is 10.2 Å². The van der Waals surface area contributed by atoms with Gasteiger partial charge in [-0.2, -0.15) is 5.10 Å². The molecular formula is C14H18N4O2. The van der Waals surface area contributed by atoms with E-state index in [4.69, 9.17) is 4.74 Å². The third-order valence-corrected chi connectivity index (χ3v) is 3.64. The largest absolute Gasteiger partial charge is 0.461 e. The van der Waals surface area contributed by atoms with E-state index in [-0.39, 0.29) is 12.0 Å². The Kier molecular flexibility index (Phi) is 3.31. The van der Waals surface area contributed by atoms with Crippen LogP contribution in [0.15, 0.2) is 18.9 Å². The van der Waals surface area contributed by atoms with Gasteiger partial charge in [0.05, 0.1) is 24.9 Å². The second-order valence-electron chi connectivity index (χ2n) is 4.85. The van der Waals surface area contributed by atoms with Crippen molar-refractivity contribution < 1.29 is 9.53 Å². The molecule has 20 heavy (non-hydrogen) atoms. The van der Waals surface area contributed by atoms with E-state index < -0.39 is 0 Å². The molecule has 0 radical (unpaired) electrons. The zero-order valence-corrected chi connectivity index (χ0v) is 11.5. The Morgan fingerprint density at radius 2 is 2.55 bits per heavy atom. The zero-order chi connectivity index (χ0) is 14.1. The van der Waals surface area contributed by atoms with Crippen LogP contribution in [0.2, 0.25) is 0 Å². The smallest absolute Gasteiger partial charge is 0.359 e. The topological polar surface area (TPSA) is 68.2 Å². The number of aromatic nitrogens is 2. The van der Waals surface area contributed by atoms with Gasteiger partial charge in [-0.1, -0.05) is 6.08 Å². The van der Waals surface area contributed by atoms with E-state index in [1.54, 1.807) is 13.0 Å². The van der Waals surface area contributed by atoms with Crippen molar-refractivity contribution in [3.05, 3.63) is 35.8 Å². The summed E-state index contributed by atoms with van der Waals surface area (Å²) in [5.74, 6) is -0.343. The van der Waals surface area contributed by atoms with Crippen molar-refractivity contribution in [1.82, 2.24) is 20.6 Å². The predicted molar refractivity (Wildman–Crippen MR) is 74.7 cm³/mol. The third kappa shape index (κ3) is 1.92. The first kappa shape index (κ1) is 12.9. The highest BCUT2D eigenvalue weighted by molar-refractivity contribution is 5.91. The fourth-order valence-corrected chi connectivity index (χ4v) is 2.83. The number of carbonyl (C=O) groups is 1. The van der Waals surface area contributed by atoms with E-state index in [0.29, 0.717) is 18.8 Å². The number of esters is 1. The number of allylic oxidation sites excluding steroid dienone is 1. The molecule has 1 aromatic heterocycles. The van der Waals surface area contributed by atoms with Crippen molar-refractivity contribution in [3.8, 4) is 0 Å². The Hall–Kier alpha value is -2.08. The first-order valence-corrected chi connectivity index (χ1v) is 6.85. The average Bonchev–Trinajstić information content (AvgIpc) is 3.03. The summed E-state index contributed by atoms with van der Waals surface area (Å²) in [6.07, 6.45) is 5.48. The van der Waals surface area contributed by atoms with Crippen molar-refractivity contribution in [2.45, 2.75) is 32.4 Å². The van der Waals surface area contributed by atoms with Gasteiger partial charge in [0.15, 0.2) is 5.69 Å². The van der Waals surface area contributed by atoms with Crippen molar-refractivity contribution in [1.29, 1.82) is 0 Å². The molecule has 0 bridgehead atoms. The molecule has 2 heterocycles. The molecule has 1 aromatic rings. The Morgan fingerprint density at radius 1 is 1.70 bits per heavy atom. The summed E-state index contributed by atoms with van der Waals surface area (Å²) in [7, 11) is 0. The molecule has 0 aromatic carbocycles. The van der Waals surface area contributed by atoms with Crippen LogP contribution in [-0.4, -0.2) is 28.4 Å². The van der Waals surface area contributed by atoms with Crippen LogP contribution in [-0.2, 0) is 17.7 Å². The van der Waals surface area contributed by atoms with Crippen molar-refractivity contribution >= 4 is 11.5 Å². The highest BCUT2D eigenvalue weighted by Crippen LogP contribution is 2.34. The van der Waals surface area contributed by atoms with E-state index in [2.05, 4.69) is 22.5 Å². The molecule has 0 amide bonds. The number of fused-ring (bicyclic) bond motifs is 3. The summed E-state index contributed by atoms with van der Waals surface area (Å²) >= 11 is 0. The number of nitrogens with one attached hydrogen (secondary N) is 2. The first-order valence-electron chi connectivity index (χ1n) is 6.85. The molecule has 0 saturated heterocycles. The SMILES string of the molecule is C=CCn1nc(C(=O)OCC)c2c1C1=CNNC1CC2. The number of hydrogen-bond donors (Lipinski definition) is 2. The second kappa shape index (κ2) is 5.13. The fourth-order valence-electron chi connectivity index (χ4n) is 2.83. The molecule has 106 valence electrons. The Morgan fingerprint density at radius 3 is 3.30 bits per heavy atom. The lowest BCUT2D eigenvalue weighted by Crippen LogP contribution is -2.34. The van der Waals surface area contributed by atoms with Crippen molar-refractivity contribution in [2.24, 2.45) is 0 Å². The van der Waals surface area contributed by atoms with Crippen LogP contribution in [0.1, 0.15) is 35.1 Å². The molecule has 6 nitrogen and oxygen atoms in total. The van der Waals surface area contributed by atoms with Crippen molar-refractivity contribution in [3.63, 3.8) is 0 Å². The highest BCUT2D eigenvalue weighted by Gasteiger charge is 2.34. The molecule has 2 aliphatic rings. The maximum atomic E-state index is 12.1. The van der Waals surface area contributed by atoms with Crippen LogP contribution >= 0.6 is 0 Å². The monoisotopic (exact) mass is 274 g/mol. The lowest BCUT2D eigenvalue weighted by atomic mass is 9.88. The van der Waals surface area contributed by atoms with E-state index in [0.717, 1.165) is 29.7 Å². The molecular weight excluding hydrogens is 256 g/mol. The van der Waals surface area contributed by atoms with Crippen LogP contribution in [0.5, 0.6) is 0 Å². The van der Waals surface area contributed by atoms with Gasteiger partial charge in [0.1, 0.15) is 0 Å².